The monoisotopic (exact) mass is 1070 g/mol. The lowest BCUT2D eigenvalue weighted by atomic mass is 10.0. The van der Waals surface area contributed by atoms with Crippen LogP contribution in [0.1, 0.15) is 400 Å². The molecule has 0 N–H and O–H groups in total. The Balaban J connectivity index is 3.92. The van der Waals surface area contributed by atoms with Crippen molar-refractivity contribution in [1.82, 2.24) is 0 Å². The average Bonchev–Trinajstić information content (AvgIpc) is 3.42. The van der Waals surface area contributed by atoms with E-state index in [1.165, 1.54) is 302 Å². The molecular weight excluding hydrogens is 937 g/mol. The van der Waals surface area contributed by atoms with E-state index >= 15 is 0 Å². The second-order valence-corrected chi connectivity index (χ2v) is 23.8. The third-order valence-corrected chi connectivity index (χ3v) is 16.0. The number of unbranched alkanes of at least 4 members (excludes halogenated alkanes) is 52. The molecular formula is C70H134O6. The largest absolute Gasteiger partial charge is 0.462 e. The number of ether oxygens (including phenoxy) is 3. The molecule has 0 bridgehead atoms. The van der Waals surface area contributed by atoms with Crippen LogP contribution in [0.2, 0.25) is 0 Å². The van der Waals surface area contributed by atoms with Crippen LogP contribution in [0.5, 0.6) is 0 Å². The second kappa shape index (κ2) is 65.7. The molecule has 0 aromatic carbocycles. The summed E-state index contributed by atoms with van der Waals surface area (Å²) in [4.78, 5) is 38.1. The maximum Gasteiger partial charge on any atom is 0.306 e. The van der Waals surface area contributed by atoms with Crippen molar-refractivity contribution in [1.29, 1.82) is 0 Å². The van der Waals surface area contributed by atoms with E-state index in [9.17, 15) is 14.4 Å². The van der Waals surface area contributed by atoms with E-state index in [-0.39, 0.29) is 31.1 Å². The van der Waals surface area contributed by atoms with Crippen LogP contribution < -0.4 is 0 Å². The first kappa shape index (κ1) is 74.2. The zero-order valence-electron chi connectivity index (χ0n) is 51.8. The molecule has 0 radical (unpaired) electrons. The molecule has 450 valence electrons. The van der Waals surface area contributed by atoms with Crippen molar-refractivity contribution in [2.75, 3.05) is 13.2 Å². The van der Waals surface area contributed by atoms with Crippen LogP contribution in [0.4, 0.5) is 0 Å². The van der Waals surface area contributed by atoms with E-state index in [1.54, 1.807) is 0 Å². The Hall–Kier alpha value is -1.85. The predicted molar refractivity (Wildman–Crippen MR) is 330 cm³/mol. The summed E-state index contributed by atoms with van der Waals surface area (Å²) in [6.07, 6.45) is 78.5. The topological polar surface area (TPSA) is 78.9 Å². The summed E-state index contributed by atoms with van der Waals surface area (Å²) in [7, 11) is 0. The Morgan fingerprint density at radius 2 is 0.434 bits per heavy atom. The number of allylic oxidation sites excluding steroid dienone is 2. The van der Waals surface area contributed by atoms with Gasteiger partial charge in [0.25, 0.3) is 0 Å². The van der Waals surface area contributed by atoms with Crippen molar-refractivity contribution in [2.24, 2.45) is 0 Å². The zero-order chi connectivity index (χ0) is 55.0. The van der Waals surface area contributed by atoms with Crippen LogP contribution >= 0.6 is 0 Å². The number of hydrogen-bond donors (Lipinski definition) is 0. The van der Waals surface area contributed by atoms with Gasteiger partial charge < -0.3 is 14.2 Å². The summed E-state index contributed by atoms with van der Waals surface area (Å²) in [5.74, 6) is -0.836. The molecule has 1 atom stereocenters. The van der Waals surface area contributed by atoms with Crippen LogP contribution in [0.25, 0.3) is 0 Å². The number of hydrogen-bond acceptors (Lipinski definition) is 6. The molecule has 0 amide bonds. The van der Waals surface area contributed by atoms with Gasteiger partial charge in [-0.15, -0.1) is 0 Å². The molecule has 6 nitrogen and oxygen atoms in total. The fraction of sp³-hybridized carbons (Fsp3) is 0.929. The Labute approximate surface area is 475 Å². The normalized spacial score (nSPS) is 12.0. The van der Waals surface area contributed by atoms with E-state index in [2.05, 4.69) is 32.9 Å². The highest BCUT2D eigenvalue weighted by molar-refractivity contribution is 5.71. The fourth-order valence-electron chi connectivity index (χ4n) is 10.8. The molecule has 0 fully saturated rings. The van der Waals surface area contributed by atoms with Crippen molar-refractivity contribution < 1.29 is 28.6 Å². The molecule has 0 aromatic heterocycles. The van der Waals surface area contributed by atoms with Crippen molar-refractivity contribution in [2.45, 2.75) is 406 Å². The molecule has 0 aliphatic rings. The smallest absolute Gasteiger partial charge is 0.306 e. The van der Waals surface area contributed by atoms with Gasteiger partial charge >= 0.3 is 17.9 Å². The van der Waals surface area contributed by atoms with E-state index in [1.807, 2.05) is 0 Å². The van der Waals surface area contributed by atoms with Crippen LogP contribution in [0.3, 0.4) is 0 Å². The lowest BCUT2D eigenvalue weighted by Crippen LogP contribution is -2.30. The second-order valence-electron chi connectivity index (χ2n) is 23.8. The molecule has 0 rings (SSSR count). The molecule has 76 heavy (non-hydrogen) atoms. The molecule has 1 unspecified atom stereocenters. The minimum Gasteiger partial charge on any atom is -0.462 e. The zero-order valence-corrected chi connectivity index (χ0v) is 51.8. The van der Waals surface area contributed by atoms with Crippen molar-refractivity contribution in [3.63, 3.8) is 0 Å². The van der Waals surface area contributed by atoms with Crippen LogP contribution in [-0.2, 0) is 28.6 Å². The Morgan fingerprint density at radius 1 is 0.250 bits per heavy atom. The summed E-state index contributed by atoms with van der Waals surface area (Å²) in [5, 5.41) is 0. The third-order valence-electron chi connectivity index (χ3n) is 16.0. The van der Waals surface area contributed by atoms with Gasteiger partial charge in [0.15, 0.2) is 6.10 Å². The van der Waals surface area contributed by atoms with Gasteiger partial charge in [0.1, 0.15) is 13.2 Å². The van der Waals surface area contributed by atoms with Gasteiger partial charge in [-0.1, -0.05) is 348 Å². The highest BCUT2D eigenvalue weighted by atomic mass is 16.6. The Bertz CT molecular complexity index is 1180. The summed E-state index contributed by atoms with van der Waals surface area (Å²) in [5.41, 5.74) is 0. The van der Waals surface area contributed by atoms with Gasteiger partial charge in [0.05, 0.1) is 0 Å². The third kappa shape index (κ3) is 63.0. The number of rotatable bonds is 65. The summed E-state index contributed by atoms with van der Waals surface area (Å²) >= 11 is 0. The maximum atomic E-state index is 12.8. The first-order valence-corrected chi connectivity index (χ1v) is 34.7. The van der Waals surface area contributed by atoms with Crippen LogP contribution in [-0.4, -0.2) is 37.2 Å². The van der Waals surface area contributed by atoms with Gasteiger partial charge in [-0.05, 0) is 44.9 Å². The Kier molecular flexibility index (Phi) is 64.1. The van der Waals surface area contributed by atoms with Crippen molar-refractivity contribution in [3.8, 4) is 0 Å². The molecule has 0 aromatic rings. The van der Waals surface area contributed by atoms with Gasteiger partial charge in [-0.2, -0.15) is 0 Å². The van der Waals surface area contributed by atoms with Crippen molar-refractivity contribution in [3.05, 3.63) is 12.2 Å². The molecule has 0 spiro atoms. The van der Waals surface area contributed by atoms with Crippen molar-refractivity contribution >= 4 is 17.9 Å². The van der Waals surface area contributed by atoms with E-state index in [0.29, 0.717) is 19.3 Å². The minimum atomic E-state index is -0.762. The van der Waals surface area contributed by atoms with Gasteiger partial charge in [0.2, 0.25) is 0 Å². The van der Waals surface area contributed by atoms with Crippen LogP contribution in [0.15, 0.2) is 12.2 Å². The first-order chi connectivity index (χ1) is 37.5. The number of esters is 3. The SMILES string of the molecule is CCCCCCCCCC/C=C\CCCCCCCCCCCCCCCCCCCCCCCCCC(=O)OCC(COC(=O)CCCCCCCCCCC)OC(=O)CCCCCCCCCCCCCCCC. The highest BCUT2D eigenvalue weighted by Crippen LogP contribution is 2.19. The van der Waals surface area contributed by atoms with Gasteiger partial charge in [-0.25, -0.2) is 0 Å². The maximum absolute atomic E-state index is 12.8. The highest BCUT2D eigenvalue weighted by Gasteiger charge is 2.19. The van der Waals surface area contributed by atoms with Gasteiger partial charge in [-0.3, -0.25) is 14.4 Å². The minimum absolute atomic E-state index is 0.0624. The molecule has 0 saturated heterocycles. The lowest BCUT2D eigenvalue weighted by molar-refractivity contribution is -0.167. The quantitative estimate of drug-likeness (QED) is 0.0261. The standard InChI is InChI=1S/C70H134O6/c1-4-7-10-13-16-19-21-23-25-26-27-28-29-30-31-32-33-34-35-36-37-38-39-40-41-42-43-44-45-47-48-51-54-57-60-63-69(72)75-66-67(65-74-68(71)62-59-56-53-50-18-15-12-9-6-3)76-70(73)64-61-58-55-52-49-46-24-22-20-17-14-11-8-5-2/h26-27,67H,4-25,28-66H2,1-3H3/b27-26-. The molecule has 0 aliphatic carbocycles. The molecule has 0 saturated carbocycles. The number of carbonyl (C=O) groups is 3. The summed E-state index contributed by atoms with van der Waals surface area (Å²) in [6.45, 7) is 6.69. The summed E-state index contributed by atoms with van der Waals surface area (Å²) in [6, 6.07) is 0. The average molecular weight is 1070 g/mol. The van der Waals surface area contributed by atoms with E-state index < -0.39 is 6.10 Å². The van der Waals surface area contributed by atoms with E-state index in [4.69, 9.17) is 14.2 Å². The lowest BCUT2D eigenvalue weighted by Gasteiger charge is -2.18. The number of carbonyl (C=O) groups excluding carboxylic acids is 3. The molecule has 6 heteroatoms. The summed E-state index contributed by atoms with van der Waals surface area (Å²) < 4.78 is 16.9. The Morgan fingerprint density at radius 3 is 0.658 bits per heavy atom. The fourth-order valence-corrected chi connectivity index (χ4v) is 10.8. The first-order valence-electron chi connectivity index (χ1n) is 34.7. The predicted octanol–water partition coefficient (Wildman–Crippen LogP) is 23.6. The van der Waals surface area contributed by atoms with Crippen LogP contribution in [0, 0.1) is 0 Å². The van der Waals surface area contributed by atoms with Gasteiger partial charge in [0, 0.05) is 19.3 Å². The molecule has 0 aliphatic heterocycles. The molecule has 0 heterocycles. The van der Waals surface area contributed by atoms with E-state index in [0.717, 1.165) is 57.8 Å².